The number of rotatable bonds is 4. The number of carbonyl (C=O) groups is 2. The molecule has 2 amide bonds. The number of benzene rings is 3. The summed E-state index contributed by atoms with van der Waals surface area (Å²) in [6.07, 6.45) is 0.204. The van der Waals surface area contributed by atoms with E-state index >= 15 is 0 Å². The lowest BCUT2D eigenvalue weighted by Gasteiger charge is -2.22. The molecule has 0 saturated carbocycles. The zero-order chi connectivity index (χ0) is 25.0. The molecular formula is C29H28N3O3. The third-order valence-electron chi connectivity index (χ3n) is 5.82. The molecule has 6 nitrogen and oxygen atoms in total. The number of ether oxygens (including phenoxy) is 1. The number of nitrogens with one attached hydrogen (secondary N) is 1. The maximum atomic E-state index is 13.4. The number of nitriles is 1. The summed E-state index contributed by atoms with van der Waals surface area (Å²) in [7, 11) is 0. The van der Waals surface area contributed by atoms with Crippen molar-refractivity contribution < 1.29 is 14.3 Å². The largest absolute Gasteiger partial charge is 0.444 e. The van der Waals surface area contributed by atoms with E-state index in [0.717, 1.165) is 22.3 Å². The number of nitrogens with zero attached hydrogens (tertiary/aromatic N) is 2. The van der Waals surface area contributed by atoms with Crippen molar-refractivity contribution in [1.29, 1.82) is 5.26 Å². The van der Waals surface area contributed by atoms with Gasteiger partial charge in [0.2, 0.25) is 0 Å². The Morgan fingerprint density at radius 2 is 1.71 bits per heavy atom. The van der Waals surface area contributed by atoms with E-state index in [1.54, 1.807) is 17.0 Å². The summed E-state index contributed by atoms with van der Waals surface area (Å²) < 4.78 is 5.34. The number of hydrogen-bond donors (Lipinski definition) is 1. The summed E-state index contributed by atoms with van der Waals surface area (Å²) >= 11 is 0. The average molecular weight is 467 g/mol. The summed E-state index contributed by atoms with van der Waals surface area (Å²) in [5.41, 5.74) is 4.43. The van der Waals surface area contributed by atoms with Crippen LogP contribution in [0.1, 0.15) is 43.1 Å². The Hall–Kier alpha value is -4.11. The summed E-state index contributed by atoms with van der Waals surface area (Å²) in [5.74, 6) is -0.0821. The zero-order valence-corrected chi connectivity index (χ0v) is 20.2. The second-order valence-corrected chi connectivity index (χ2v) is 9.62. The van der Waals surface area contributed by atoms with Crippen molar-refractivity contribution in [3.05, 3.63) is 83.9 Å². The maximum absolute atomic E-state index is 13.4. The summed E-state index contributed by atoms with van der Waals surface area (Å²) in [6, 6.07) is 25.8. The first-order valence-electron chi connectivity index (χ1n) is 11.6. The van der Waals surface area contributed by atoms with Gasteiger partial charge in [-0.15, -0.1) is 0 Å². The molecule has 1 heterocycles. The molecule has 6 heteroatoms. The summed E-state index contributed by atoms with van der Waals surface area (Å²) in [6.45, 7) is 6.45. The Balaban J connectivity index is 1.58. The van der Waals surface area contributed by atoms with Crippen LogP contribution in [-0.2, 0) is 4.74 Å². The maximum Gasteiger partial charge on any atom is 0.407 e. The molecule has 1 aliphatic heterocycles. The molecule has 0 spiro atoms. The fourth-order valence-corrected chi connectivity index (χ4v) is 4.18. The SMILES string of the molecule is CC(C)(C)OC(=O)N[C@H]1CCN(C(=O)c2ccc(-c3cc[c]cc3)c(-c3ccc(C#N)cc3)c2)C1. The predicted molar refractivity (Wildman–Crippen MR) is 135 cm³/mol. The molecule has 0 unspecified atom stereocenters. The first-order valence-corrected chi connectivity index (χ1v) is 11.6. The normalized spacial score (nSPS) is 15.4. The lowest BCUT2D eigenvalue weighted by Crippen LogP contribution is -2.41. The van der Waals surface area contributed by atoms with Gasteiger partial charge in [0.25, 0.3) is 5.91 Å². The van der Waals surface area contributed by atoms with Crippen molar-refractivity contribution in [3.8, 4) is 28.3 Å². The van der Waals surface area contributed by atoms with Crippen LogP contribution in [0.15, 0.2) is 66.7 Å². The predicted octanol–water partition coefficient (Wildman–Crippen LogP) is 5.43. The first kappa shape index (κ1) is 24.0. The van der Waals surface area contributed by atoms with Gasteiger partial charge in [-0.2, -0.15) is 5.26 Å². The van der Waals surface area contributed by atoms with Gasteiger partial charge in [0.15, 0.2) is 0 Å². The van der Waals surface area contributed by atoms with Crippen molar-refractivity contribution in [1.82, 2.24) is 10.2 Å². The Kier molecular flexibility index (Phi) is 6.88. The highest BCUT2D eigenvalue weighted by molar-refractivity contribution is 5.98. The molecule has 1 fully saturated rings. The summed E-state index contributed by atoms with van der Waals surface area (Å²) in [4.78, 5) is 27.3. The fraction of sp³-hybridized carbons (Fsp3) is 0.276. The third-order valence-corrected chi connectivity index (χ3v) is 5.82. The van der Waals surface area contributed by atoms with Crippen LogP contribution in [0.3, 0.4) is 0 Å². The van der Waals surface area contributed by atoms with E-state index in [1.807, 2.05) is 75.4 Å². The van der Waals surface area contributed by atoms with E-state index in [-0.39, 0.29) is 11.9 Å². The zero-order valence-electron chi connectivity index (χ0n) is 20.2. The number of hydrogen-bond acceptors (Lipinski definition) is 4. The quantitative estimate of drug-likeness (QED) is 0.556. The molecule has 1 saturated heterocycles. The number of amides is 2. The molecule has 177 valence electrons. The van der Waals surface area contributed by atoms with E-state index in [2.05, 4.69) is 17.5 Å². The van der Waals surface area contributed by atoms with E-state index in [0.29, 0.717) is 30.6 Å². The van der Waals surface area contributed by atoms with Crippen LogP contribution in [-0.4, -0.2) is 41.6 Å². The topological polar surface area (TPSA) is 82.4 Å². The molecule has 0 aliphatic carbocycles. The van der Waals surface area contributed by atoms with Gasteiger partial charge in [0.1, 0.15) is 5.60 Å². The molecular weight excluding hydrogens is 438 g/mol. The highest BCUT2D eigenvalue weighted by Gasteiger charge is 2.29. The van der Waals surface area contributed by atoms with Gasteiger partial charge < -0.3 is 15.0 Å². The molecule has 3 aromatic rings. The van der Waals surface area contributed by atoms with Crippen LogP contribution in [0.4, 0.5) is 4.79 Å². The van der Waals surface area contributed by atoms with E-state index < -0.39 is 11.7 Å². The van der Waals surface area contributed by atoms with Crippen LogP contribution in [0.25, 0.3) is 22.3 Å². The van der Waals surface area contributed by atoms with Crippen LogP contribution < -0.4 is 5.32 Å². The Bertz CT molecular complexity index is 1260. The standard InChI is InChI=1S/C29H28N3O3/c1-29(2,3)35-28(34)31-24-15-16-32(19-24)27(33)23-13-14-25(21-7-5-4-6-8-21)26(17-23)22-11-9-20(18-30)10-12-22/h5-14,17,24H,15-16,19H2,1-3H3,(H,31,34)/t24-/m0/s1. The molecule has 1 radical (unpaired) electrons. The van der Waals surface area contributed by atoms with Gasteiger partial charge >= 0.3 is 6.09 Å². The highest BCUT2D eigenvalue weighted by atomic mass is 16.6. The monoisotopic (exact) mass is 466 g/mol. The Labute approximate surface area is 206 Å². The number of alkyl carbamates (subject to hydrolysis) is 1. The van der Waals surface area contributed by atoms with Gasteiger partial charge in [-0.3, -0.25) is 4.79 Å². The minimum Gasteiger partial charge on any atom is -0.444 e. The van der Waals surface area contributed by atoms with E-state index in [1.165, 1.54) is 0 Å². The van der Waals surface area contributed by atoms with Crippen LogP contribution in [0, 0.1) is 17.4 Å². The Morgan fingerprint density at radius 1 is 1.03 bits per heavy atom. The summed E-state index contributed by atoms with van der Waals surface area (Å²) in [5, 5.41) is 12.0. The fourth-order valence-electron chi connectivity index (χ4n) is 4.18. The van der Waals surface area contributed by atoms with Crippen molar-refractivity contribution in [2.75, 3.05) is 13.1 Å². The van der Waals surface area contributed by atoms with Gasteiger partial charge in [-0.25, -0.2) is 4.79 Å². The van der Waals surface area contributed by atoms with Gasteiger partial charge in [-0.1, -0.05) is 42.5 Å². The molecule has 1 N–H and O–H groups in total. The van der Waals surface area contributed by atoms with Crippen LogP contribution in [0.5, 0.6) is 0 Å². The van der Waals surface area contributed by atoms with Gasteiger partial charge in [0, 0.05) is 18.7 Å². The van der Waals surface area contributed by atoms with Gasteiger partial charge in [-0.05, 0) is 79.8 Å². The van der Waals surface area contributed by atoms with Crippen molar-refractivity contribution >= 4 is 12.0 Å². The first-order chi connectivity index (χ1) is 16.7. The van der Waals surface area contributed by atoms with E-state index in [9.17, 15) is 9.59 Å². The van der Waals surface area contributed by atoms with Crippen molar-refractivity contribution in [2.45, 2.75) is 38.8 Å². The van der Waals surface area contributed by atoms with Crippen LogP contribution >= 0.6 is 0 Å². The molecule has 35 heavy (non-hydrogen) atoms. The van der Waals surface area contributed by atoms with Crippen LogP contribution in [0.2, 0.25) is 0 Å². The minimum atomic E-state index is -0.571. The second kappa shape index (κ2) is 10.0. The molecule has 4 rings (SSSR count). The number of carbonyl (C=O) groups excluding carboxylic acids is 2. The second-order valence-electron chi connectivity index (χ2n) is 9.62. The molecule has 1 atom stereocenters. The van der Waals surface area contributed by atoms with Crippen molar-refractivity contribution in [3.63, 3.8) is 0 Å². The van der Waals surface area contributed by atoms with Crippen molar-refractivity contribution in [2.24, 2.45) is 0 Å². The van der Waals surface area contributed by atoms with Gasteiger partial charge in [0.05, 0.1) is 17.7 Å². The molecule has 0 bridgehead atoms. The number of likely N-dealkylation sites (tertiary alicyclic amines) is 1. The lowest BCUT2D eigenvalue weighted by molar-refractivity contribution is 0.0502. The van der Waals surface area contributed by atoms with E-state index in [4.69, 9.17) is 10.00 Å². The molecule has 0 aromatic heterocycles. The third kappa shape index (κ3) is 5.88. The average Bonchev–Trinajstić information content (AvgIpc) is 3.31. The minimum absolute atomic E-state index is 0.0821. The Morgan fingerprint density at radius 3 is 2.37 bits per heavy atom. The molecule has 3 aromatic carbocycles. The highest BCUT2D eigenvalue weighted by Crippen LogP contribution is 2.33. The molecule has 1 aliphatic rings. The lowest BCUT2D eigenvalue weighted by atomic mass is 9.92. The smallest absolute Gasteiger partial charge is 0.407 e.